The predicted molar refractivity (Wildman–Crippen MR) is 72.3 cm³/mol. The summed E-state index contributed by atoms with van der Waals surface area (Å²) < 4.78 is 0. The minimum absolute atomic E-state index is 0.148. The Morgan fingerprint density at radius 2 is 1.78 bits per heavy atom. The smallest absolute Gasteiger partial charge is 0.220 e. The van der Waals surface area contributed by atoms with Crippen LogP contribution in [-0.4, -0.2) is 30.5 Å². The Labute approximate surface area is 109 Å². The summed E-state index contributed by atoms with van der Waals surface area (Å²) in [7, 11) is 0. The summed E-state index contributed by atoms with van der Waals surface area (Å²) in [6, 6.07) is 0.960. The molecule has 0 spiro atoms. The van der Waals surface area contributed by atoms with Crippen molar-refractivity contribution in [3.63, 3.8) is 0 Å². The molecule has 0 aromatic rings. The fraction of sp³-hybridized carbons (Fsp3) is 0.846. The molecule has 2 saturated carbocycles. The SMILES string of the molecule is NC(=NCCCC(=O)NC1CC1)NC1CCCC1. The van der Waals surface area contributed by atoms with Crippen molar-refractivity contribution in [1.29, 1.82) is 0 Å². The second-order valence-corrected chi connectivity index (χ2v) is 5.34. The van der Waals surface area contributed by atoms with Gasteiger partial charge in [0.05, 0.1) is 0 Å². The normalized spacial score (nSPS) is 21.0. The van der Waals surface area contributed by atoms with Gasteiger partial charge in [0.25, 0.3) is 0 Å². The number of hydrogen-bond donors (Lipinski definition) is 3. The van der Waals surface area contributed by atoms with Crippen LogP contribution in [0.15, 0.2) is 4.99 Å². The van der Waals surface area contributed by atoms with E-state index in [0.717, 1.165) is 19.3 Å². The van der Waals surface area contributed by atoms with Crippen LogP contribution < -0.4 is 16.4 Å². The van der Waals surface area contributed by atoms with Gasteiger partial charge in [-0.05, 0) is 32.1 Å². The molecule has 0 radical (unpaired) electrons. The van der Waals surface area contributed by atoms with Gasteiger partial charge in [-0.15, -0.1) is 0 Å². The van der Waals surface area contributed by atoms with E-state index in [-0.39, 0.29) is 5.91 Å². The molecule has 2 aliphatic carbocycles. The first-order valence-corrected chi connectivity index (χ1v) is 7.10. The van der Waals surface area contributed by atoms with Crippen LogP contribution in [0.4, 0.5) is 0 Å². The maximum atomic E-state index is 11.4. The second kappa shape index (κ2) is 6.61. The summed E-state index contributed by atoms with van der Waals surface area (Å²) in [6.45, 7) is 0.629. The highest BCUT2D eigenvalue weighted by atomic mass is 16.1. The van der Waals surface area contributed by atoms with Gasteiger partial charge in [0.1, 0.15) is 0 Å². The molecule has 18 heavy (non-hydrogen) atoms. The third kappa shape index (κ3) is 4.94. The van der Waals surface area contributed by atoms with Gasteiger partial charge in [0, 0.05) is 25.0 Å². The lowest BCUT2D eigenvalue weighted by atomic mass is 10.2. The number of hydrogen-bond acceptors (Lipinski definition) is 2. The van der Waals surface area contributed by atoms with Crippen molar-refractivity contribution in [2.24, 2.45) is 10.7 Å². The average Bonchev–Trinajstić information content (AvgIpc) is 2.99. The lowest BCUT2D eigenvalue weighted by molar-refractivity contribution is -0.121. The van der Waals surface area contributed by atoms with Crippen LogP contribution in [0.25, 0.3) is 0 Å². The Balaban J connectivity index is 1.53. The Hall–Kier alpha value is -1.26. The largest absolute Gasteiger partial charge is 0.370 e. The standard InChI is InChI=1S/C13H24N4O/c14-13(17-10-4-1-2-5-10)15-9-3-6-12(18)16-11-7-8-11/h10-11H,1-9H2,(H,16,18)(H3,14,15,17). The number of nitrogens with two attached hydrogens (primary N) is 1. The summed E-state index contributed by atoms with van der Waals surface area (Å²) in [5, 5.41) is 6.20. The minimum atomic E-state index is 0.148. The number of nitrogens with one attached hydrogen (secondary N) is 2. The van der Waals surface area contributed by atoms with Crippen molar-refractivity contribution in [2.45, 2.75) is 63.5 Å². The third-order valence-corrected chi connectivity index (χ3v) is 3.49. The summed E-state index contributed by atoms with van der Waals surface area (Å²) in [5.41, 5.74) is 5.80. The molecule has 0 aliphatic heterocycles. The first-order valence-electron chi connectivity index (χ1n) is 7.10. The molecule has 2 fully saturated rings. The number of rotatable bonds is 6. The second-order valence-electron chi connectivity index (χ2n) is 5.34. The molecular weight excluding hydrogens is 228 g/mol. The van der Waals surface area contributed by atoms with Crippen LogP contribution in [0, 0.1) is 0 Å². The zero-order chi connectivity index (χ0) is 12.8. The van der Waals surface area contributed by atoms with Crippen molar-refractivity contribution < 1.29 is 4.79 Å². The highest BCUT2D eigenvalue weighted by Gasteiger charge is 2.22. The third-order valence-electron chi connectivity index (χ3n) is 3.49. The lowest BCUT2D eigenvalue weighted by Crippen LogP contribution is -2.38. The number of carbonyl (C=O) groups is 1. The molecule has 0 bridgehead atoms. The maximum Gasteiger partial charge on any atom is 0.220 e. The van der Waals surface area contributed by atoms with Gasteiger partial charge in [-0.1, -0.05) is 12.8 Å². The van der Waals surface area contributed by atoms with Crippen LogP contribution in [-0.2, 0) is 4.79 Å². The fourth-order valence-electron chi connectivity index (χ4n) is 2.29. The van der Waals surface area contributed by atoms with E-state index in [1.54, 1.807) is 0 Å². The van der Waals surface area contributed by atoms with Crippen LogP contribution >= 0.6 is 0 Å². The van der Waals surface area contributed by atoms with Gasteiger partial charge in [0.15, 0.2) is 5.96 Å². The molecular formula is C13H24N4O. The molecule has 1 amide bonds. The lowest BCUT2D eigenvalue weighted by Gasteiger charge is -2.12. The molecule has 0 heterocycles. The molecule has 0 unspecified atom stereocenters. The zero-order valence-corrected chi connectivity index (χ0v) is 11.0. The Bertz CT molecular complexity index is 306. The summed E-state index contributed by atoms with van der Waals surface area (Å²) >= 11 is 0. The van der Waals surface area contributed by atoms with Crippen molar-refractivity contribution in [3.8, 4) is 0 Å². The van der Waals surface area contributed by atoms with E-state index in [4.69, 9.17) is 5.73 Å². The maximum absolute atomic E-state index is 11.4. The molecule has 0 atom stereocenters. The van der Waals surface area contributed by atoms with E-state index in [1.807, 2.05) is 0 Å². The van der Waals surface area contributed by atoms with Gasteiger partial charge >= 0.3 is 0 Å². The highest BCUT2D eigenvalue weighted by molar-refractivity contribution is 5.78. The van der Waals surface area contributed by atoms with Gasteiger partial charge < -0.3 is 16.4 Å². The number of aliphatic imine (C=N–C) groups is 1. The number of nitrogens with zero attached hydrogens (tertiary/aromatic N) is 1. The summed E-state index contributed by atoms with van der Waals surface area (Å²) in [4.78, 5) is 15.7. The molecule has 4 N–H and O–H groups in total. The molecule has 5 heteroatoms. The Kier molecular flexibility index (Phi) is 4.84. The molecule has 0 saturated heterocycles. The summed E-state index contributed by atoms with van der Waals surface area (Å²) in [6.07, 6.45) is 8.56. The molecule has 2 aliphatic rings. The van der Waals surface area contributed by atoms with E-state index in [2.05, 4.69) is 15.6 Å². The van der Waals surface area contributed by atoms with E-state index < -0.39 is 0 Å². The van der Waals surface area contributed by atoms with E-state index in [9.17, 15) is 4.79 Å². The van der Waals surface area contributed by atoms with Gasteiger partial charge in [-0.3, -0.25) is 9.79 Å². The average molecular weight is 252 g/mol. The van der Waals surface area contributed by atoms with Crippen LogP contribution in [0.2, 0.25) is 0 Å². The van der Waals surface area contributed by atoms with Crippen molar-refractivity contribution in [3.05, 3.63) is 0 Å². The first kappa shape index (κ1) is 13.2. The monoisotopic (exact) mass is 252 g/mol. The molecule has 0 aromatic heterocycles. The number of amides is 1. The quantitative estimate of drug-likeness (QED) is 0.373. The fourth-order valence-corrected chi connectivity index (χ4v) is 2.29. The molecule has 5 nitrogen and oxygen atoms in total. The van der Waals surface area contributed by atoms with Crippen molar-refractivity contribution in [1.82, 2.24) is 10.6 Å². The summed E-state index contributed by atoms with van der Waals surface area (Å²) in [5.74, 6) is 0.680. The van der Waals surface area contributed by atoms with Crippen molar-refractivity contribution in [2.75, 3.05) is 6.54 Å². The van der Waals surface area contributed by atoms with E-state index in [0.29, 0.717) is 31.0 Å². The predicted octanol–water partition coefficient (Wildman–Crippen LogP) is 0.892. The Morgan fingerprint density at radius 1 is 1.11 bits per heavy atom. The topological polar surface area (TPSA) is 79.5 Å². The highest BCUT2D eigenvalue weighted by Crippen LogP contribution is 2.18. The molecule has 102 valence electrons. The zero-order valence-electron chi connectivity index (χ0n) is 11.0. The first-order chi connectivity index (χ1) is 8.74. The van der Waals surface area contributed by atoms with Gasteiger partial charge in [0.2, 0.25) is 5.91 Å². The van der Waals surface area contributed by atoms with E-state index in [1.165, 1.54) is 25.7 Å². The van der Waals surface area contributed by atoms with Crippen molar-refractivity contribution >= 4 is 11.9 Å². The van der Waals surface area contributed by atoms with Crippen LogP contribution in [0.1, 0.15) is 51.4 Å². The van der Waals surface area contributed by atoms with Gasteiger partial charge in [-0.25, -0.2) is 0 Å². The molecule has 0 aromatic carbocycles. The number of carbonyl (C=O) groups excluding carboxylic acids is 1. The molecule has 2 rings (SSSR count). The minimum Gasteiger partial charge on any atom is -0.370 e. The van der Waals surface area contributed by atoms with Crippen LogP contribution in [0.5, 0.6) is 0 Å². The van der Waals surface area contributed by atoms with E-state index >= 15 is 0 Å². The van der Waals surface area contributed by atoms with Crippen LogP contribution in [0.3, 0.4) is 0 Å². The number of guanidine groups is 1. The van der Waals surface area contributed by atoms with Gasteiger partial charge in [-0.2, -0.15) is 0 Å². The Morgan fingerprint density at radius 3 is 2.44 bits per heavy atom.